The number of aromatic nitrogens is 1. The first-order chi connectivity index (χ1) is 10.7. The monoisotopic (exact) mass is 314 g/mol. The SMILES string of the molecule is O=C(CN1C(=O)CSc2ccccc21)OCc1ccccn1. The number of anilines is 1. The lowest BCUT2D eigenvalue weighted by Gasteiger charge is -2.27. The predicted octanol–water partition coefficient (Wildman–Crippen LogP) is 2.26. The quantitative estimate of drug-likeness (QED) is 0.810. The van der Waals surface area contributed by atoms with Gasteiger partial charge in [-0.3, -0.25) is 19.5 Å². The highest BCUT2D eigenvalue weighted by Gasteiger charge is 2.26. The van der Waals surface area contributed by atoms with Gasteiger partial charge in [0.05, 0.1) is 17.1 Å². The summed E-state index contributed by atoms with van der Waals surface area (Å²) in [5.41, 5.74) is 1.44. The van der Waals surface area contributed by atoms with Crippen LogP contribution in [0, 0.1) is 0 Å². The minimum absolute atomic E-state index is 0.0801. The largest absolute Gasteiger partial charge is 0.458 e. The lowest BCUT2D eigenvalue weighted by atomic mass is 10.2. The summed E-state index contributed by atoms with van der Waals surface area (Å²) in [6, 6.07) is 13.0. The van der Waals surface area contributed by atoms with Gasteiger partial charge in [-0.05, 0) is 24.3 Å². The van der Waals surface area contributed by atoms with Crippen LogP contribution in [0.5, 0.6) is 0 Å². The summed E-state index contributed by atoms with van der Waals surface area (Å²) >= 11 is 1.48. The molecule has 2 aromatic rings. The Balaban J connectivity index is 1.65. The number of nitrogens with zero attached hydrogens (tertiary/aromatic N) is 2. The second-order valence-electron chi connectivity index (χ2n) is 4.72. The van der Waals surface area contributed by atoms with Crippen LogP contribution >= 0.6 is 11.8 Å². The number of hydrogen-bond donors (Lipinski definition) is 0. The number of esters is 1. The molecule has 1 aliphatic heterocycles. The third-order valence-corrected chi connectivity index (χ3v) is 4.25. The summed E-state index contributed by atoms with van der Waals surface area (Å²) in [6.07, 6.45) is 1.64. The number of fused-ring (bicyclic) bond motifs is 1. The number of para-hydroxylation sites is 1. The van der Waals surface area contributed by atoms with E-state index in [0.717, 1.165) is 10.6 Å². The predicted molar refractivity (Wildman–Crippen MR) is 83.6 cm³/mol. The second kappa shape index (κ2) is 6.62. The molecule has 0 fully saturated rings. The summed E-state index contributed by atoms with van der Waals surface area (Å²) in [7, 11) is 0. The van der Waals surface area contributed by atoms with Crippen LogP contribution in [-0.2, 0) is 20.9 Å². The van der Waals surface area contributed by atoms with Crippen LogP contribution in [0.25, 0.3) is 0 Å². The number of thioether (sulfide) groups is 1. The zero-order valence-corrected chi connectivity index (χ0v) is 12.6. The standard InChI is InChI=1S/C16H14N2O3S/c19-15-11-22-14-7-2-1-6-13(14)18(15)9-16(20)21-10-12-5-3-4-8-17-12/h1-8H,9-11H2. The van der Waals surface area contributed by atoms with Crippen molar-refractivity contribution in [2.24, 2.45) is 0 Å². The fourth-order valence-corrected chi connectivity index (χ4v) is 3.08. The van der Waals surface area contributed by atoms with Gasteiger partial charge < -0.3 is 4.74 Å². The molecule has 6 heteroatoms. The lowest BCUT2D eigenvalue weighted by Crippen LogP contribution is -2.39. The Morgan fingerprint density at radius 3 is 2.86 bits per heavy atom. The maximum atomic E-state index is 12.1. The number of pyridine rings is 1. The molecule has 1 aromatic heterocycles. The van der Waals surface area contributed by atoms with Crippen LogP contribution in [0.1, 0.15) is 5.69 Å². The van der Waals surface area contributed by atoms with Gasteiger partial charge in [-0.25, -0.2) is 0 Å². The van der Waals surface area contributed by atoms with Crippen molar-refractivity contribution in [2.45, 2.75) is 11.5 Å². The summed E-state index contributed by atoms with van der Waals surface area (Å²) in [6.45, 7) is 0.0291. The summed E-state index contributed by atoms with van der Waals surface area (Å²) in [5.74, 6) is -0.191. The fraction of sp³-hybridized carbons (Fsp3) is 0.188. The number of hydrogen-bond acceptors (Lipinski definition) is 5. The van der Waals surface area contributed by atoms with Crippen molar-refractivity contribution in [3.8, 4) is 0 Å². The minimum atomic E-state index is -0.444. The van der Waals surface area contributed by atoms with Crippen molar-refractivity contribution < 1.29 is 14.3 Å². The van der Waals surface area contributed by atoms with E-state index in [1.807, 2.05) is 30.3 Å². The van der Waals surface area contributed by atoms with Gasteiger partial charge in [-0.1, -0.05) is 18.2 Å². The van der Waals surface area contributed by atoms with Crippen molar-refractivity contribution in [3.05, 3.63) is 54.4 Å². The van der Waals surface area contributed by atoms with Crippen molar-refractivity contribution in [1.82, 2.24) is 4.98 Å². The Morgan fingerprint density at radius 2 is 2.05 bits per heavy atom. The summed E-state index contributed by atoms with van der Waals surface area (Å²) < 4.78 is 5.19. The van der Waals surface area contributed by atoms with Gasteiger partial charge in [0.2, 0.25) is 5.91 Å². The summed E-state index contributed by atoms with van der Waals surface area (Å²) in [5, 5.41) is 0. The Hall–Kier alpha value is -2.34. The van der Waals surface area contributed by atoms with Gasteiger partial charge >= 0.3 is 5.97 Å². The van der Waals surface area contributed by atoms with Crippen molar-refractivity contribution in [3.63, 3.8) is 0 Å². The topological polar surface area (TPSA) is 59.5 Å². The first-order valence-electron chi connectivity index (χ1n) is 6.82. The van der Waals surface area contributed by atoms with Crippen LogP contribution in [0.2, 0.25) is 0 Å². The Labute approximate surface area is 132 Å². The molecule has 1 aliphatic rings. The first kappa shape index (κ1) is 14.6. The van der Waals surface area contributed by atoms with Crippen LogP contribution in [-0.4, -0.2) is 29.2 Å². The normalized spacial score (nSPS) is 13.6. The molecule has 0 atom stereocenters. The molecule has 1 aromatic carbocycles. The van der Waals surface area contributed by atoms with Gasteiger partial charge in [0.15, 0.2) is 0 Å². The van der Waals surface area contributed by atoms with E-state index in [0.29, 0.717) is 11.4 Å². The van der Waals surface area contributed by atoms with E-state index in [4.69, 9.17) is 4.74 Å². The van der Waals surface area contributed by atoms with E-state index < -0.39 is 5.97 Å². The molecule has 3 rings (SSSR count). The molecular weight excluding hydrogens is 300 g/mol. The van der Waals surface area contributed by atoms with E-state index in [1.165, 1.54) is 16.7 Å². The van der Waals surface area contributed by atoms with Crippen molar-refractivity contribution >= 4 is 29.3 Å². The highest BCUT2D eigenvalue weighted by molar-refractivity contribution is 8.00. The van der Waals surface area contributed by atoms with E-state index in [-0.39, 0.29) is 19.1 Å². The van der Waals surface area contributed by atoms with Crippen LogP contribution in [0.15, 0.2) is 53.6 Å². The van der Waals surface area contributed by atoms with E-state index in [9.17, 15) is 9.59 Å². The number of benzene rings is 1. The molecule has 0 unspecified atom stereocenters. The third-order valence-electron chi connectivity index (χ3n) is 3.20. The van der Waals surface area contributed by atoms with Crippen LogP contribution < -0.4 is 4.90 Å². The number of amides is 1. The molecule has 0 bridgehead atoms. The molecule has 5 nitrogen and oxygen atoms in total. The van der Waals surface area contributed by atoms with Gasteiger partial charge in [0, 0.05) is 11.1 Å². The molecule has 0 saturated heterocycles. The van der Waals surface area contributed by atoms with Gasteiger partial charge in [0.1, 0.15) is 13.2 Å². The lowest BCUT2D eigenvalue weighted by molar-refractivity contribution is -0.144. The third kappa shape index (κ3) is 3.28. The Morgan fingerprint density at radius 1 is 1.23 bits per heavy atom. The number of ether oxygens (including phenoxy) is 1. The molecule has 112 valence electrons. The first-order valence-corrected chi connectivity index (χ1v) is 7.80. The zero-order chi connectivity index (χ0) is 15.4. The molecule has 22 heavy (non-hydrogen) atoms. The molecule has 0 aliphatic carbocycles. The Kier molecular flexibility index (Phi) is 4.39. The molecule has 0 N–H and O–H groups in total. The van der Waals surface area contributed by atoms with E-state index in [1.54, 1.807) is 18.3 Å². The molecular formula is C16H14N2O3S. The highest BCUT2D eigenvalue weighted by atomic mass is 32.2. The highest BCUT2D eigenvalue weighted by Crippen LogP contribution is 2.34. The maximum absolute atomic E-state index is 12.1. The molecule has 1 amide bonds. The van der Waals surface area contributed by atoms with Crippen LogP contribution in [0.3, 0.4) is 0 Å². The van der Waals surface area contributed by atoms with Gasteiger partial charge in [-0.15, -0.1) is 11.8 Å². The molecule has 2 heterocycles. The van der Waals surface area contributed by atoms with Gasteiger partial charge in [-0.2, -0.15) is 0 Å². The van der Waals surface area contributed by atoms with Crippen molar-refractivity contribution in [2.75, 3.05) is 17.2 Å². The average Bonchev–Trinajstić information content (AvgIpc) is 2.56. The molecule has 0 saturated carbocycles. The number of carbonyl (C=O) groups excluding carboxylic acids is 2. The van der Waals surface area contributed by atoms with Crippen molar-refractivity contribution in [1.29, 1.82) is 0 Å². The van der Waals surface area contributed by atoms with E-state index in [2.05, 4.69) is 4.98 Å². The molecule has 0 spiro atoms. The summed E-state index contributed by atoms with van der Waals surface area (Å²) in [4.78, 5) is 30.6. The second-order valence-corrected chi connectivity index (χ2v) is 5.74. The van der Waals surface area contributed by atoms with Crippen LogP contribution in [0.4, 0.5) is 5.69 Å². The molecule has 0 radical (unpaired) electrons. The maximum Gasteiger partial charge on any atom is 0.326 e. The zero-order valence-electron chi connectivity index (χ0n) is 11.8. The minimum Gasteiger partial charge on any atom is -0.458 e. The van der Waals surface area contributed by atoms with E-state index >= 15 is 0 Å². The van der Waals surface area contributed by atoms with Gasteiger partial charge in [0.25, 0.3) is 0 Å². The number of carbonyl (C=O) groups is 2. The smallest absolute Gasteiger partial charge is 0.326 e. The number of rotatable bonds is 4. The average molecular weight is 314 g/mol. The Bertz CT molecular complexity index is 691. The fourth-order valence-electron chi connectivity index (χ4n) is 2.14.